The molecular weight excluding hydrogens is 334 g/mol. The third-order valence-corrected chi connectivity index (χ3v) is 4.75. The van der Waals surface area contributed by atoms with Crippen molar-refractivity contribution in [3.63, 3.8) is 0 Å². The molecule has 1 fully saturated rings. The molecule has 0 bridgehead atoms. The lowest BCUT2D eigenvalue weighted by Crippen LogP contribution is -2.29. The molecule has 5 nitrogen and oxygen atoms in total. The highest BCUT2D eigenvalue weighted by Gasteiger charge is 2.11. The van der Waals surface area contributed by atoms with Gasteiger partial charge in [-0.15, -0.1) is 0 Å². The van der Waals surface area contributed by atoms with Crippen molar-refractivity contribution in [2.24, 2.45) is 0 Å². The van der Waals surface area contributed by atoms with E-state index in [9.17, 15) is 0 Å². The van der Waals surface area contributed by atoms with Gasteiger partial charge in [-0.05, 0) is 62.6 Å². The maximum Gasteiger partial charge on any atom is 0.229 e. The van der Waals surface area contributed by atoms with Gasteiger partial charge in [-0.3, -0.25) is 0 Å². The quantitative estimate of drug-likeness (QED) is 0.650. The van der Waals surface area contributed by atoms with E-state index in [1.807, 2.05) is 43.3 Å². The molecule has 1 aliphatic heterocycles. The van der Waals surface area contributed by atoms with E-state index < -0.39 is 0 Å². The predicted octanol–water partition coefficient (Wildman–Crippen LogP) is 5.26. The molecule has 3 aromatic rings. The fraction of sp³-hybridized carbons (Fsp3) is 0.273. The Morgan fingerprint density at radius 1 is 0.778 bits per heavy atom. The zero-order chi connectivity index (χ0) is 18.5. The second-order valence-electron chi connectivity index (χ2n) is 6.93. The Labute approximate surface area is 160 Å². The monoisotopic (exact) mass is 359 g/mol. The Bertz CT molecular complexity index is 871. The Kier molecular flexibility index (Phi) is 5.19. The van der Waals surface area contributed by atoms with Gasteiger partial charge in [0.05, 0.1) is 0 Å². The van der Waals surface area contributed by atoms with Crippen LogP contribution >= 0.6 is 0 Å². The number of nitrogens with one attached hydrogen (secondary N) is 2. The molecule has 1 aromatic heterocycles. The lowest BCUT2D eigenvalue weighted by Gasteiger charge is -2.28. The number of hydrogen-bond acceptors (Lipinski definition) is 5. The summed E-state index contributed by atoms with van der Waals surface area (Å²) in [5.41, 5.74) is 4.20. The molecule has 0 atom stereocenters. The van der Waals surface area contributed by atoms with Gasteiger partial charge >= 0.3 is 0 Å². The van der Waals surface area contributed by atoms with Gasteiger partial charge in [0.25, 0.3) is 0 Å². The minimum absolute atomic E-state index is 0.596. The summed E-state index contributed by atoms with van der Waals surface area (Å²) < 4.78 is 0. The minimum atomic E-state index is 0.596. The third kappa shape index (κ3) is 4.56. The average Bonchev–Trinajstić information content (AvgIpc) is 2.70. The summed E-state index contributed by atoms with van der Waals surface area (Å²) in [5.74, 6) is 1.38. The molecule has 27 heavy (non-hydrogen) atoms. The van der Waals surface area contributed by atoms with Gasteiger partial charge in [0.1, 0.15) is 5.82 Å². The largest absolute Gasteiger partial charge is 0.372 e. The summed E-state index contributed by atoms with van der Waals surface area (Å²) in [6, 6.07) is 20.5. The number of benzene rings is 2. The zero-order valence-electron chi connectivity index (χ0n) is 15.7. The summed E-state index contributed by atoms with van der Waals surface area (Å²) in [5, 5.41) is 6.65. The summed E-state index contributed by atoms with van der Waals surface area (Å²) in [7, 11) is 0. The van der Waals surface area contributed by atoms with E-state index >= 15 is 0 Å². The first kappa shape index (κ1) is 17.3. The molecule has 5 heteroatoms. The minimum Gasteiger partial charge on any atom is -0.372 e. The summed E-state index contributed by atoms with van der Waals surface area (Å²) in [4.78, 5) is 11.6. The Balaban J connectivity index is 1.47. The highest BCUT2D eigenvalue weighted by molar-refractivity contribution is 5.62. The number of nitrogens with zero attached hydrogens (tertiary/aromatic N) is 3. The molecule has 2 N–H and O–H groups in total. The number of rotatable bonds is 5. The standard InChI is InChI=1S/C22H25N5/c1-17-16-21(24-18-8-4-2-5-9-18)26-22(23-17)25-19-10-12-20(13-11-19)27-14-6-3-7-15-27/h2,4-5,8-13,16H,3,6-7,14-15H2,1H3,(H2,23,24,25,26). The van der Waals surface area contributed by atoms with Crippen LogP contribution in [-0.2, 0) is 0 Å². The van der Waals surface area contributed by atoms with Crippen molar-refractivity contribution in [2.45, 2.75) is 26.2 Å². The van der Waals surface area contributed by atoms with Crippen LogP contribution in [0.4, 0.5) is 28.8 Å². The smallest absolute Gasteiger partial charge is 0.229 e. The number of piperidine rings is 1. The number of anilines is 5. The number of para-hydroxylation sites is 1. The fourth-order valence-electron chi connectivity index (χ4n) is 3.39. The van der Waals surface area contributed by atoms with Crippen LogP contribution in [0.1, 0.15) is 25.0 Å². The highest BCUT2D eigenvalue weighted by Crippen LogP contribution is 2.24. The topological polar surface area (TPSA) is 53.1 Å². The third-order valence-electron chi connectivity index (χ3n) is 4.75. The Morgan fingerprint density at radius 3 is 2.22 bits per heavy atom. The lowest BCUT2D eigenvalue weighted by molar-refractivity contribution is 0.578. The van der Waals surface area contributed by atoms with Crippen molar-refractivity contribution in [3.05, 3.63) is 66.4 Å². The number of hydrogen-bond donors (Lipinski definition) is 2. The van der Waals surface area contributed by atoms with Crippen LogP contribution in [0.15, 0.2) is 60.7 Å². The molecule has 2 aromatic carbocycles. The predicted molar refractivity (Wildman–Crippen MR) is 112 cm³/mol. The number of aromatic nitrogens is 2. The van der Waals surface area contributed by atoms with Crippen LogP contribution in [0.3, 0.4) is 0 Å². The Hall–Kier alpha value is -3.08. The molecule has 0 unspecified atom stereocenters. The van der Waals surface area contributed by atoms with Crippen LogP contribution in [-0.4, -0.2) is 23.1 Å². The number of aryl methyl sites for hydroxylation is 1. The van der Waals surface area contributed by atoms with Gasteiger partial charge in [0, 0.05) is 41.9 Å². The summed E-state index contributed by atoms with van der Waals surface area (Å²) in [6.07, 6.45) is 3.92. The van der Waals surface area contributed by atoms with Crippen LogP contribution in [0.25, 0.3) is 0 Å². The van der Waals surface area contributed by atoms with Crippen molar-refractivity contribution in [1.82, 2.24) is 9.97 Å². The van der Waals surface area contributed by atoms with Gasteiger partial charge in [-0.1, -0.05) is 18.2 Å². The average molecular weight is 359 g/mol. The van der Waals surface area contributed by atoms with Gasteiger partial charge < -0.3 is 15.5 Å². The molecular formula is C22H25N5. The summed E-state index contributed by atoms with van der Waals surface area (Å²) in [6.45, 7) is 4.28. The van der Waals surface area contributed by atoms with E-state index in [2.05, 4.69) is 49.8 Å². The van der Waals surface area contributed by atoms with Gasteiger partial charge in [-0.2, -0.15) is 4.98 Å². The van der Waals surface area contributed by atoms with Crippen LogP contribution in [0.5, 0.6) is 0 Å². The van der Waals surface area contributed by atoms with Crippen molar-refractivity contribution in [3.8, 4) is 0 Å². The Morgan fingerprint density at radius 2 is 1.48 bits per heavy atom. The van der Waals surface area contributed by atoms with Crippen molar-refractivity contribution in [2.75, 3.05) is 28.6 Å². The van der Waals surface area contributed by atoms with E-state index in [1.54, 1.807) is 0 Å². The molecule has 4 rings (SSSR count). The molecule has 138 valence electrons. The molecule has 1 saturated heterocycles. The van der Waals surface area contributed by atoms with Crippen LogP contribution < -0.4 is 15.5 Å². The maximum absolute atomic E-state index is 4.59. The molecule has 1 aliphatic rings. The lowest BCUT2D eigenvalue weighted by atomic mass is 10.1. The van der Waals surface area contributed by atoms with E-state index in [-0.39, 0.29) is 0 Å². The summed E-state index contributed by atoms with van der Waals surface area (Å²) >= 11 is 0. The van der Waals surface area contributed by atoms with Crippen LogP contribution in [0.2, 0.25) is 0 Å². The normalized spacial score (nSPS) is 14.0. The highest BCUT2D eigenvalue weighted by atomic mass is 15.2. The second-order valence-corrected chi connectivity index (χ2v) is 6.93. The van der Waals surface area contributed by atoms with E-state index in [1.165, 1.54) is 24.9 Å². The molecule has 0 amide bonds. The molecule has 0 saturated carbocycles. The van der Waals surface area contributed by atoms with Gasteiger partial charge in [0.2, 0.25) is 5.95 Å². The van der Waals surface area contributed by atoms with E-state index in [0.717, 1.165) is 36.0 Å². The van der Waals surface area contributed by atoms with Gasteiger partial charge in [-0.25, -0.2) is 4.98 Å². The van der Waals surface area contributed by atoms with Crippen LogP contribution in [0, 0.1) is 6.92 Å². The van der Waals surface area contributed by atoms with Crippen molar-refractivity contribution < 1.29 is 0 Å². The molecule has 0 radical (unpaired) electrons. The van der Waals surface area contributed by atoms with E-state index in [0.29, 0.717) is 5.95 Å². The van der Waals surface area contributed by atoms with E-state index in [4.69, 9.17) is 0 Å². The first-order valence-corrected chi connectivity index (χ1v) is 9.56. The SMILES string of the molecule is Cc1cc(Nc2ccccc2)nc(Nc2ccc(N3CCCCC3)cc2)n1. The maximum atomic E-state index is 4.59. The first-order chi connectivity index (χ1) is 13.3. The second kappa shape index (κ2) is 8.08. The molecule has 0 aliphatic carbocycles. The first-order valence-electron chi connectivity index (χ1n) is 9.56. The zero-order valence-corrected chi connectivity index (χ0v) is 15.7. The molecule has 0 spiro atoms. The van der Waals surface area contributed by atoms with Crippen molar-refractivity contribution in [1.29, 1.82) is 0 Å². The van der Waals surface area contributed by atoms with Crippen molar-refractivity contribution >= 4 is 28.8 Å². The fourth-order valence-corrected chi connectivity index (χ4v) is 3.39. The molecule has 2 heterocycles. The van der Waals surface area contributed by atoms with Gasteiger partial charge in [0.15, 0.2) is 0 Å².